The van der Waals surface area contributed by atoms with Crippen LogP contribution in [0.5, 0.6) is 0 Å². The van der Waals surface area contributed by atoms with Crippen LogP contribution in [0.15, 0.2) is 72.9 Å². The van der Waals surface area contributed by atoms with E-state index in [-0.39, 0.29) is 23.6 Å². The van der Waals surface area contributed by atoms with Crippen LogP contribution in [0.25, 0.3) is 0 Å². The minimum atomic E-state index is -1.35. The molecule has 0 N–H and O–H groups in total. The Labute approximate surface area is 178 Å². The van der Waals surface area contributed by atoms with E-state index in [0.29, 0.717) is 0 Å². The van der Waals surface area contributed by atoms with Gasteiger partial charge < -0.3 is 4.74 Å². The fourth-order valence-electron chi connectivity index (χ4n) is 5.81. The van der Waals surface area contributed by atoms with Gasteiger partial charge in [0.05, 0.1) is 11.8 Å². The molecule has 0 saturated carbocycles. The van der Waals surface area contributed by atoms with E-state index in [1.165, 1.54) is 11.8 Å². The number of carbonyl (C=O) groups is 3. The van der Waals surface area contributed by atoms with Crippen LogP contribution in [0.2, 0.25) is 0 Å². The zero-order chi connectivity index (χ0) is 21.3. The number of nitrogens with zero attached hydrogens (tertiary/aromatic N) is 2. The first-order valence-corrected chi connectivity index (χ1v) is 10.2. The van der Waals surface area contributed by atoms with Gasteiger partial charge in [-0.3, -0.25) is 14.4 Å². The third-order valence-electron chi connectivity index (χ3n) is 6.72. The van der Waals surface area contributed by atoms with E-state index < -0.39 is 23.4 Å². The first kappa shape index (κ1) is 18.0. The molecule has 2 atom stereocenters. The number of hydrogen-bond donors (Lipinski definition) is 0. The summed E-state index contributed by atoms with van der Waals surface area (Å²) >= 11 is 0. The van der Waals surface area contributed by atoms with Crippen LogP contribution in [0, 0.1) is 11.8 Å². The van der Waals surface area contributed by atoms with Crippen LogP contribution in [0.3, 0.4) is 0 Å². The van der Waals surface area contributed by atoms with Crippen molar-refractivity contribution in [3.8, 4) is 0 Å². The van der Waals surface area contributed by atoms with E-state index in [2.05, 4.69) is 4.98 Å². The lowest BCUT2D eigenvalue weighted by Gasteiger charge is -2.52. The highest BCUT2D eigenvalue weighted by Gasteiger charge is 2.70. The highest BCUT2D eigenvalue weighted by atomic mass is 16.6. The zero-order valence-corrected chi connectivity index (χ0v) is 16.7. The lowest BCUT2D eigenvalue weighted by atomic mass is 9.52. The SMILES string of the molecule is CC(=O)OC12c3ccccc3C(c3ccccc31)[C@H]1C(=O)N(c3ccccn3)C(=O)[C@@H]12. The van der Waals surface area contributed by atoms with Crippen molar-refractivity contribution in [1.82, 2.24) is 4.98 Å². The summed E-state index contributed by atoms with van der Waals surface area (Å²) in [5.41, 5.74) is 2.05. The molecular formula is C25H18N2O4. The molecular weight excluding hydrogens is 392 g/mol. The summed E-state index contributed by atoms with van der Waals surface area (Å²) < 4.78 is 6.08. The minimum Gasteiger partial charge on any atom is -0.448 e. The molecule has 1 fully saturated rings. The molecule has 0 unspecified atom stereocenters. The maximum Gasteiger partial charge on any atom is 0.303 e. The van der Waals surface area contributed by atoms with Gasteiger partial charge in [-0.2, -0.15) is 0 Å². The van der Waals surface area contributed by atoms with Gasteiger partial charge in [-0.05, 0) is 23.3 Å². The zero-order valence-electron chi connectivity index (χ0n) is 16.7. The molecule has 6 nitrogen and oxygen atoms in total. The standard InChI is InChI=1S/C25H18N2O4/c1-14(28)31-25-17-10-4-2-8-15(17)20(16-9-3-5-11-18(16)25)21-22(25)24(30)27(23(21)29)19-12-6-7-13-26-19/h2-13,20-22H,1H3/t20?,21-,22-,25?/m1/s1. The van der Waals surface area contributed by atoms with Crippen molar-refractivity contribution in [3.05, 3.63) is 95.2 Å². The third kappa shape index (κ3) is 2.11. The Morgan fingerprint density at radius 1 is 0.903 bits per heavy atom. The Bertz CT molecular complexity index is 1220. The molecule has 4 aliphatic rings. The molecule has 31 heavy (non-hydrogen) atoms. The van der Waals surface area contributed by atoms with Crippen LogP contribution in [-0.4, -0.2) is 22.8 Å². The number of ether oxygens (including phenoxy) is 1. The van der Waals surface area contributed by atoms with Crippen molar-refractivity contribution in [2.75, 3.05) is 4.90 Å². The molecule has 2 bridgehead atoms. The average molecular weight is 410 g/mol. The molecule has 2 amide bonds. The van der Waals surface area contributed by atoms with E-state index in [0.717, 1.165) is 22.3 Å². The van der Waals surface area contributed by atoms with Crippen molar-refractivity contribution in [2.45, 2.75) is 18.4 Å². The number of aromatic nitrogens is 1. The molecule has 7 rings (SSSR count). The van der Waals surface area contributed by atoms with Gasteiger partial charge in [0.15, 0.2) is 5.60 Å². The fourth-order valence-corrected chi connectivity index (χ4v) is 5.81. The number of benzene rings is 2. The summed E-state index contributed by atoms with van der Waals surface area (Å²) in [7, 11) is 0. The van der Waals surface area contributed by atoms with Gasteiger partial charge in [-0.1, -0.05) is 54.6 Å². The summed E-state index contributed by atoms with van der Waals surface area (Å²) in [5.74, 6) is -2.71. The number of imide groups is 1. The third-order valence-corrected chi connectivity index (χ3v) is 6.72. The maximum atomic E-state index is 13.8. The highest BCUT2D eigenvalue weighted by Crippen LogP contribution is 2.64. The predicted octanol–water partition coefficient (Wildman–Crippen LogP) is 3.15. The summed E-state index contributed by atoms with van der Waals surface area (Å²) in [5, 5.41) is 0. The van der Waals surface area contributed by atoms with Crippen molar-refractivity contribution in [1.29, 1.82) is 0 Å². The summed E-state index contributed by atoms with van der Waals surface area (Å²) in [4.78, 5) is 45.3. The van der Waals surface area contributed by atoms with Gasteiger partial charge in [-0.25, -0.2) is 9.88 Å². The van der Waals surface area contributed by atoms with E-state index in [9.17, 15) is 14.4 Å². The van der Waals surface area contributed by atoms with E-state index in [1.807, 2.05) is 48.5 Å². The lowest BCUT2D eigenvalue weighted by molar-refractivity contribution is -0.167. The van der Waals surface area contributed by atoms with E-state index in [1.54, 1.807) is 24.4 Å². The second kappa shape index (κ2) is 6.11. The number of esters is 1. The molecule has 2 heterocycles. The van der Waals surface area contributed by atoms with Crippen LogP contribution in [0.4, 0.5) is 5.82 Å². The molecule has 1 aromatic heterocycles. The van der Waals surface area contributed by atoms with Crippen molar-refractivity contribution < 1.29 is 19.1 Å². The molecule has 1 aliphatic heterocycles. The Kier molecular flexibility index (Phi) is 3.55. The Hall–Kier alpha value is -3.80. The van der Waals surface area contributed by atoms with Gasteiger partial charge in [-0.15, -0.1) is 0 Å². The number of anilines is 1. The first-order valence-electron chi connectivity index (χ1n) is 10.2. The molecule has 2 aromatic carbocycles. The molecule has 1 saturated heterocycles. The van der Waals surface area contributed by atoms with Gasteiger partial charge in [0, 0.05) is 30.2 Å². The summed E-state index contributed by atoms with van der Waals surface area (Å²) in [6.07, 6.45) is 1.55. The minimum absolute atomic E-state index is 0.289. The smallest absolute Gasteiger partial charge is 0.303 e. The monoisotopic (exact) mass is 410 g/mol. The molecule has 152 valence electrons. The Morgan fingerprint density at radius 3 is 2.10 bits per heavy atom. The number of hydrogen-bond acceptors (Lipinski definition) is 5. The fraction of sp³-hybridized carbons (Fsp3) is 0.200. The largest absolute Gasteiger partial charge is 0.448 e. The summed E-state index contributed by atoms with van der Waals surface area (Å²) in [6, 6.07) is 20.4. The molecule has 3 aliphatic carbocycles. The van der Waals surface area contributed by atoms with Gasteiger partial charge in [0.1, 0.15) is 5.82 Å². The predicted molar refractivity (Wildman–Crippen MR) is 111 cm³/mol. The average Bonchev–Trinajstić information content (AvgIpc) is 3.06. The van der Waals surface area contributed by atoms with Crippen LogP contribution < -0.4 is 4.90 Å². The van der Waals surface area contributed by atoms with Gasteiger partial charge in [0.2, 0.25) is 11.8 Å². The normalized spacial score (nSPS) is 27.5. The topological polar surface area (TPSA) is 76.6 Å². The van der Waals surface area contributed by atoms with E-state index in [4.69, 9.17) is 4.74 Å². The highest BCUT2D eigenvalue weighted by molar-refractivity contribution is 6.23. The van der Waals surface area contributed by atoms with Crippen LogP contribution in [-0.2, 0) is 24.7 Å². The van der Waals surface area contributed by atoms with Gasteiger partial charge >= 0.3 is 5.97 Å². The van der Waals surface area contributed by atoms with E-state index >= 15 is 0 Å². The second-order valence-corrected chi connectivity index (χ2v) is 8.18. The van der Waals surface area contributed by atoms with Crippen LogP contribution in [0.1, 0.15) is 35.1 Å². The molecule has 0 spiro atoms. The number of amides is 2. The molecule has 3 aromatic rings. The Morgan fingerprint density at radius 2 is 1.52 bits per heavy atom. The maximum absolute atomic E-state index is 13.8. The van der Waals surface area contributed by atoms with Crippen molar-refractivity contribution in [3.63, 3.8) is 0 Å². The summed E-state index contributed by atoms with van der Waals surface area (Å²) in [6.45, 7) is 1.34. The molecule has 6 heteroatoms. The van der Waals surface area contributed by atoms with Crippen LogP contribution >= 0.6 is 0 Å². The lowest BCUT2D eigenvalue weighted by Crippen LogP contribution is -2.55. The first-order chi connectivity index (χ1) is 15.1. The number of rotatable bonds is 2. The second-order valence-electron chi connectivity index (χ2n) is 8.18. The van der Waals surface area contributed by atoms with Crippen molar-refractivity contribution >= 4 is 23.6 Å². The Balaban J connectivity index is 1.68. The number of carbonyl (C=O) groups excluding carboxylic acids is 3. The molecule has 0 radical (unpaired) electrons. The van der Waals surface area contributed by atoms with Gasteiger partial charge in [0.25, 0.3) is 0 Å². The number of pyridine rings is 1. The quantitative estimate of drug-likeness (QED) is 0.479. The van der Waals surface area contributed by atoms with Crippen molar-refractivity contribution in [2.24, 2.45) is 11.8 Å².